The Hall–Kier alpha value is -3.29. The van der Waals surface area contributed by atoms with Crippen LogP contribution in [0, 0.1) is 21.8 Å². The number of non-ortho nitro benzene ring substituents is 1. The van der Waals surface area contributed by atoms with Crippen molar-refractivity contribution >= 4 is 17.5 Å². The number of likely N-dealkylation sites (tertiary alicyclic amines) is 1. The lowest BCUT2D eigenvalue weighted by atomic mass is 9.96. The number of nitro benzene ring substituents is 1. The van der Waals surface area contributed by atoms with E-state index in [1.807, 2.05) is 0 Å². The molecule has 0 bridgehead atoms. The SMILES string of the molecule is O=C(NCC1CCN(C(=O)c2ccccc2F)CC1)c1cccc([N+](=O)[O-])c1. The summed E-state index contributed by atoms with van der Waals surface area (Å²) in [5.41, 5.74) is 0.175. The Balaban J connectivity index is 1.50. The van der Waals surface area contributed by atoms with Gasteiger partial charge in [-0.25, -0.2) is 4.39 Å². The van der Waals surface area contributed by atoms with Crippen LogP contribution in [-0.2, 0) is 0 Å². The second-order valence-corrected chi connectivity index (χ2v) is 6.73. The number of nitro groups is 1. The molecule has 3 rings (SSSR count). The number of rotatable bonds is 5. The highest BCUT2D eigenvalue weighted by atomic mass is 19.1. The van der Waals surface area contributed by atoms with Crippen LogP contribution in [0.15, 0.2) is 48.5 Å². The largest absolute Gasteiger partial charge is 0.352 e. The van der Waals surface area contributed by atoms with Crippen LogP contribution in [0.5, 0.6) is 0 Å². The molecular weight excluding hydrogens is 365 g/mol. The molecule has 1 aliphatic heterocycles. The van der Waals surface area contributed by atoms with Crippen molar-refractivity contribution in [1.29, 1.82) is 0 Å². The van der Waals surface area contributed by atoms with Crippen molar-refractivity contribution in [3.63, 3.8) is 0 Å². The molecule has 7 nitrogen and oxygen atoms in total. The summed E-state index contributed by atoms with van der Waals surface area (Å²) in [6.07, 6.45) is 1.38. The molecule has 2 aromatic rings. The van der Waals surface area contributed by atoms with Crippen molar-refractivity contribution in [1.82, 2.24) is 10.2 Å². The first-order valence-electron chi connectivity index (χ1n) is 9.02. The zero-order valence-electron chi connectivity index (χ0n) is 15.1. The molecule has 2 amide bonds. The van der Waals surface area contributed by atoms with Crippen molar-refractivity contribution in [3.8, 4) is 0 Å². The number of nitrogens with one attached hydrogen (secondary N) is 1. The van der Waals surface area contributed by atoms with Crippen molar-refractivity contribution in [2.45, 2.75) is 12.8 Å². The Kier molecular flexibility index (Phi) is 5.98. The third kappa shape index (κ3) is 4.51. The molecule has 0 radical (unpaired) electrons. The van der Waals surface area contributed by atoms with Crippen LogP contribution in [0.1, 0.15) is 33.6 Å². The fourth-order valence-electron chi connectivity index (χ4n) is 3.24. The number of halogens is 1. The van der Waals surface area contributed by atoms with E-state index in [-0.39, 0.29) is 34.5 Å². The molecule has 1 heterocycles. The smallest absolute Gasteiger partial charge is 0.270 e. The minimum atomic E-state index is -0.543. The first kappa shape index (κ1) is 19.5. The maximum absolute atomic E-state index is 13.8. The minimum absolute atomic E-state index is 0.0694. The Morgan fingerprint density at radius 3 is 2.54 bits per heavy atom. The van der Waals surface area contributed by atoms with Crippen molar-refractivity contribution in [2.24, 2.45) is 5.92 Å². The Labute approximate surface area is 161 Å². The van der Waals surface area contributed by atoms with Gasteiger partial charge in [0.2, 0.25) is 0 Å². The summed E-state index contributed by atoms with van der Waals surface area (Å²) in [5, 5.41) is 13.6. The van der Waals surface area contributed by atoms with Crippen LogP contribution in [0.25, 0.3) is 0 Å². The van der Waals surface area contributed by atoms with E-state index >= 15 is 0 Å². The van der Waals surface area contributed by atoms with Crippen LogP contribution >= 0.6 is 0 Å². The second-order valence-electron chi connectivity index (χ2n) is 6.73. The fraction of sp³-hybridized carbons (Fsp3) is 0.300. The van der Waals surface area contributed by atoms with E-state index in [4.69, 9.17) is 0 Å². The van der Waals surface area contributed by atoms with Crippen molar-refractivity contribution < 1.29 is 18.9 Å². The van der Waals surface area contributed by atoms with Crippen LogP contribution < -0.4 is 5.32 Å². The van der Waals surface area contributed by atoms with E-state index in [1.165, 1.54) is 36.4 Å². The summed E-state index contributed by atoms with van der Waals surface area (Å²) in [6, 6.07) is 11.5. The molecule has 0 saturated carbocycles. The molecule has 1 fully saturated rings. The molecule has 0 spiro atoms. The van der Waals surface area contributed by atoms with Gasteiger partial charge in [0.15, 0.2) is 0 Å². The summed E-state index contributed by atoms with van der Waals surface area (Å²) in [4.78, 5) is 36.5. The molecule has 1 saturated heterocycles. The van der Waals surface area contributed by atoms with Gasteiger partial charge in [0.1, 0.15) is 5.82 Å². The van der Waals surface area contributed by atoms with Gasteiger partial charge in [-0.1, -0.05) is 18.2 Å². The first-order chi connectivity index (χ1) is 13.5. The predicted octanol–water partition coefficient (Wildman–Crippen LogP) is 3.02. The van der Waals surface area contributed by atoms with Crippen LogP contribution in [-0.4, -0.2) is 41.3 Å². The van der Waals surface area contributed by atoms with Gasteiger partial charge in [-0.3, -0.25) is 19.7 Å². The van der Waals surface area contributed by atoms with E-state index in [0.717, 1.165) is 0 Å². The van der Waals surface area contributed by atoms with Gasteiger partial charge in [-0.05, 0) is 37.0 Å². The van der Waals surface area contributed by atoms with Crippen LogP contribution in [0.3, 0.4) is 0 Å². The highest BCUT2D eigenvalue weighted by Gasteiger charge is 2.25. The maximum Gasteiger partial charge on any atom is 0.270 e. The van der Waals surface area contributed by atoms with E-state index in [1.54, 1.807) is 17.0 Å². The van der Waals surface area contributed by atoms with Crippen molar-refractivity contribution in [3.05, 3.63) is 75.6 Å². The average Bonchev–Trinajstić information content (AvgIpc) is 2.72. The quantitative estimate of drug-likeness (QED) is 0.632. The van der Waals surface area contributed by atoms with Gasteiger partial charge in [-0.2, -0.15) is 0 Å². The maximum atomic E-state index is 13.8. The molecule has 0 atom stereocenters. The van der Waals surface area contributed by atoms with Crippen LogP contribution in [0.4, 0.5) is 10.1 Å². The number of nitrogens with zero attached hydrogens (tertiary/aromatic N) is 2. The third-order valence-corrected chi connectivity index (χ3v) is 4.88. The molecule has 2 aromatic carbocycles. The Morgan fingerprint density at radius 2 is 1.86 bits per heavy atom. The zero-order chi connectivity index (χ0) is 20.1. The number of hydrogen-bond acceptors (Lipinski definition) is 4. The molecular formula is C20H20FN3O4. The van der Waals surface area contributed by atoms with Gasteiger partial charge in [0.05, 0.1) is 10.5 Å². The third-order valence-electron chi connectivity index (χ3n) is 4.88. The molecule has 146 valence electrons. The lowest BCUT2D eigenvalue weighted by Crippen LogP contribution is -2.41. The number of benzene rings is 2. The van der Waals surface area contributed by atoms with E-state index in [2.05, 4.69) is 5.32 Å². The molecule has 8 heteroatoms. The van der Waals surface area contributed by atoms with E-state index < -0.39 is 10.7 Å². The van der Waals surface area contributed by atoms with Crippen LogP contribution in [0.2, 0.25) is 0 Å². The summed E-state index contributed by atoms with van der Waals surface area (Å²) >= 11 is 0. The van der Waals surface area contributed by atoms with Crippen molar-refractivity contribution in [2.75, 3.05) is 19.6 Å². The summed E-state index contributed by atoms with van der Waals surface area (Å²) < 4.78 is 13.8. The lowest BCUT2D eigenvalue weighted by Gasteiger charge is -2.32. The lowest BCUT2D eigenvalue weighted by molar-refractivity contribution is -0.384. The van der Waals surface area contributed by atoms with Gasteiger partial charge < -0.3 is 10.2 Å². The number of hydrogen-bond donors (Lipinski definition) is 1. The fourth-order valence-corrected chi connectivity index (χ4v) is 3.24. The van der Waals surface area contributed by atoms with Gasteiger partial charge in [0, 0.05) is 37.3 Å². The highest BCUT2D eigenvalue weighted by Crippen LogP contribution is 2.20. The highest BCUT2D eigenvalue weighted by molar-refractivity contribution is 5.95. The van der Waals surface area contributed by atoms with Gasteiger partial charge >= 0.3 is 0 Å². The first-order valence-corrected chi connectivity index (χ1v) is 9.02. The number of carbonyl (C=O) groups is 2. The number of carbonyl (C=O) groups excluding carboxylic acids is 2. The van der Waals surface area contributed by atoms with Gasteiger partial charge in [0.25, 0.3) is 17.5 Å². The van der Waals surface area contributed by atoms with E-state index in [9.17, 15) is 24.1 Å². The predicted molar refractivity (Wildman–Crippen MR) is 100 cm³/mol. The molecule has 0 aliphatic carbocycles. The Morgan fingerprint density at radius 1 is 1.14 bits per heavy atom. The normalized spacial score (nSPS) is 14.5. The summed E-state index contributed by atoms with van der Waals surface area (Å²) in [5.74, 6) is -1.03. The standard InChI is InChI=1S/C20H20FN3O4/c21-18-7-2-1-6-17(18)20(26)23-10-8-14(9-11-23)13-22-19(25)15-4-3-5-16(12-15)24(27)28/h1-7,12,14H,8-11,13H2,(H,22,25). The second kappa shape index (κ2) is 8.60. The molecule has 1 aliphatic rings. The molecule has 1 N–H and O–H groups in total. The summed E-state index contributed by atoms with van der Waals surface area (Å²) in [7, 11) is 0. The minimum Gasteiger partial charge on any atom is -0.352 e. The molecule has 0 aromatic heterocycles. The number of amides is 2. The monoisotopic (exact) mass is 385 g/mol. The van der Waals surface area contributed by atoms with E-state index in [0.29, 0.717) is 32.5 Å². The topological polar surface area (TPSA) is 92.6 Å². The molecule has 0 unspecified atom stereocenters. The average molecular weight is 385 g/mol. The Bertz CT molecular complexity index is 895. The molecule has 28 heavy (non-hydrogen) atoms. The zero-order valence-corrected chi connectivity index (χ0v) is 15.1. The number of piperidine rings is 1. The summed E-state index contributed by atoms with van der Waals surface area (Å²) in [6.45, 7) is 1.40. The van der Waals surface area contributed by atoms with Gasteiger partial charge in [-0.15, -0.1) is 0 Å².